The maximum absolute atomic E-state index is 17.4. The van der Waals surface area contributed by atoms with Gasteiger partial charge in [0.05, 0.1) is 17.1 Å². The predicted octanol–water partition coefficient (Wildman–Crippen LogP) is 2.63. The Morgan fingerprint density at radius 1 is 1.24 bits per heavy atom. The second-order valence-corrected chi connectivity index (χ2v) is 12.3. The number of ketones is 2. The van der Waals surface area contributed by atoms with Gasteiger partial charge >= 0.3 is 0 Å². The Labute approximate surface area is 219 Å². The van der Waals surface area contributed by atoms with Crippen LogP contribution in [-0.2, 0) is 9.59 Å². The minimum atomic E-state index is -2.24. The largest absolute Gasteiger partial charge is 0.390 e. The third-order valence-corrected chi connectivity index (χ3v) is 11.0. The standard InChI is InChI=1S/C29H32F2N2O5/c1-26-6-5-18(35)9-21(26)22(30)10-20-19-8-17-13-33(25(38)16-4-3-7-32-12-16)15-28(17,24(37)14-34)27(19,2)11-23(36)29(20,26)31/h3-7,9,12,17,19-20,22-23,34,36H,8,10-11,13-15H2,1-2H3/t17-,19-,20-,22-,23-,26-,27-,28+,29-/m0/s1. The minimum absolute atomic E-state index is 0.0341. The first-order chi connectivity index (χ1) is 17.9. The number of amides is 1. The summed E-state index contributed by atoms with van der Waals surface area (Å²) in [7, 11) is 0. The van der Waals surface area contributed by atoms with E-state index in [-0.39, 0.29) is 43.3 Å². The molecule has 9 atom stereocenters. The van der Waals surface area contributed by atoms with Crippen LogP contribution in [0.4, 0.5) is 8.78 Å². The number of aliphatic hydroxyl groups excluding tert-OH is 2. The number of rotatable bonds is 3. The van der Waals surface area contributed by atoms with E-state index in [9.17, 15) is 24.6 Å². The molecule has 4 fully saturated rings. The highest BCUT2D eigenvalue weighted by atomic mass is 19.1. The molecule has 1 aliphatic heterocycles. The van der Waals surface area contributed by atoms with Crippen molar-refractivity contribution >= 4 is 17.5 Å². The van der Waals surface area contributed by atoms with Gasteiger partial charge in [0, 0.05) is 36.8 Å². The van der Waals surface area contributed by atoms with Gasteiger partial charge in [0.2, 0.25) is 0 Å². The van der Waals surface area contributed by atoms with Gasteiger partial charge in [-0.1, -0.05) is 13.0 Å². The van der Waals surface area contributed by atoms with E-state index in [2.05, 4.69) is 4.98 Å². The first kappa shape index (κ1) is 25.5. The number of aliphatic hydroxyl groups is 2. The first-order valence-electron chi connectivity index (χ1n) is 13.2. The number of likely N-dealkylation sites (tertiary alicyclic amines) is 1. The molecular weight excluding hydrogens is 494 g/mol. The number of alkyl halides is 2. The van der Waals surface area contributed by atoms with Gasteiger partial charge < -0.3 is 15.1 Å². The number of aromatic nitrogens is 1. The summed E-state index contributed by atoms with van der Waals surface area (Å²) in [6.07, 6.45) is 3.79. The number of hydrogen-bond acceptors (Lipinski definition) is 6. The highest BCUT2D eigenvalue weighted by molar-refractivity contribution is 6.01. The summed E-state index contributed by atoms with van der Waals surface area (Å²) in [6.45, 7) is 2.92. The number of fused-ring (bicyclic) bond motifs is 7. The molecule has 5 aliphatic rings. The first-order valence-corrected chi connectivity index (χ1v) is 13.2. The third kappa shape index (κ3) is 2.89. The number of carbonyl (C=O) groups is 3. The zero-order valence-corrected chi connectivity index (χ0v) is 21.4. The van der Waals surface area contributed by atoms with E-state index in [1.807, 2.05) is 6.92 Å². The second kappa shape index (κ2) is 8.11. The van der Waals surface area contributed by atoms with Gasteiger partial charge in [-0.25, -0.2) is 8.78 Å². The van der Waals surface area contributed by atoms with E-state index >= 15 is 8.78 Å². The predicted molar refractivity (Wildman–Crippen MR) is 132 cm³/mol. The lowest BCUT2D eigenvalue weighted by molar-refractivity contribution is -0.211. The van der Waals surface area contributed by atoms with Crippen molar-refractivity contribution in [3.63, 3.8) is 0 Å². The summed E-state index contributed by atoms with van der Waals surface area (Å²) in [4.78, 5) is 44.6. The van der Waals surface area contributed by atoms with Crippen LogP contribution >= 0.6 is 0 Å². The molecule has 202 valence electrons. The number of carbonyl (C=O) groups excluding carboxylic acids is 3. The summed E-state index contributed by atoms with van der Waals surface area (Å²) in [5.74, 6) is -2.88. The monoisotopic (exact) mass is 526 g/mol. The van der Waals surface area contributed by atoms with Crippen molar-refractivity contribution in [1.82, 2.24) is 9.88 Å². The lowest BCUT2D eigenvalue weighted by atomic mass is 9.43. The summed E-state index contributed by atoms with van der Waals surface area (Å²) in [5.41, 5.74) is -5.49. The Kier molecular flexibility index (Phi) is 5.44. The molecule has 0 unspecified atom stereocenters. The van der Waals surface area contributed by atoms with Crippen LogP contribution in [0.5, 0.6) is 0 Å². The molecule has 7 nitrogen and oxygen atoms in total. The van der Waals surface area contributed by atoms with E-state index in [0.717, 1.165) is 6.08 Å². The fraction of sp³-hybridized carbons (Fsp3) is 0.586. The number of halogens is 2. The fourth-order valence-corrected chi connectivity index (χ4v) is 9.25. The van der Waals surface area contributed by atoms with Crippen LogP contribution < -0.4 is 0 Å². The molecule has 9 heteroatoms. The zero-order chi connectivity index (χ0) is 27.3. The molecule has 38 heavy (non-hydrogen) atoms. The molecule has 0 spiro atoms. The smallest absolute Gasteiger partial charge is 0.255 e. The normalized spacial score (nSPS) is 45.1. The Hall–Kier alpha value is -2.78. The van der Waals surface area contributed by atoms with Gasteiger partial charge in [0.1, 0.15) is 12.8 Å². The van der Waals surface area contributed by atoms with Gasteiger partial charge in [-0.3, -0.25) is 19.4 Å². The van der Waals surface area contributed by atoms with Gasteiger partial charge in [0.25, 0.3) is 5.91 Å². The van der Waals surface area contributed by atoms with Crippen molar-refractivity contribution in [2.24, 2.45) is 34.0 Å². The van der Waals surface area contributed by atoms with E-state index < -0.39 is 64.2 Å². The van der Waals surface area contributed by atoms with Crippen LogP contribution in [0.15, 0.2) is 48.3 Å². The highest BCUT2D eigenvalue weighted by Gasteiger charge is 2.78. The van der Waals surface area contributed by atoms with E-state index in [4.69, 9.17) is 0 Å². The van der Waals surface area contributed by atoms with E-state index in [1.165, 1.54) is 18.3 Å². The minimum Gasteiger partial charge on any atom is -0.390 e. The van der Waals surface area contributed by atoms with Crippen LogP contribution in [0.25, 0.3) is 0 Å². The molecule has 3 saturated carbocycles. The van der Waals surface area contributed by atoms with E-state index in [0.29, 0.717) is 12.0 Å². The number of nitrogens with zero attached hydrogens (tertiary/aromatic N) is 2. The van der Waals surface area contributed by atoms with Crippen molar-refractivity contribution < 1.29 is 33.4 Å². The van der Waals surface area contributed by atoms with Crippen molar-refractivity contribution in [3.05, 3.63) is 53.9 Å². The lowest BCUT2D eigenvalue weighted by Crippen LogP contribution is -2.69. The van der Waals surface area contributed by atoms with E-state index in [1.54, 1.807) is 30.2 Å². The molecule has 0 aromatic carbocycles. The van der Waals surface area contributed by atoms with Crippen LogP contribution in [-0.4, -0.2) is 75.2 Å². The van der Waals surface area contributed by atoms with Gasteiger partial charge in [-0.05, 0) is 73.3 Å². The Balaban J connectivity index is 1.43. The zero-order valence-electron chi connectivity index (χ0n) is 21.4. The number of allylic oxidation sites excluding steroid dienone is 4. The molecule has 1 aromatic heterocycles. The van der Waals surface area contributed by atoms with Crippen LogP contribution in [0.3, 0.4) is 0 Å². The molecule has 0 radical (unpaired) electrons. The average molecular weight is 527 g/mol. The summed E-state index contributed by atoms with van der Waals surface area (Å²) in [5, 5.41) is 21.7. The molecule has 1 amide bonds. The molecule has 6 rings (SSSR count). The molecule has 0 bridgehead atoms. The van der Waals surface area contributed by atoms with Crippen molar-refractivity contribution in [1.29, 1.82) is 0 Å². The van der Waals surface area contributed by atoms with Crippen LogP contribution in [0, 0.1) is 34.0 Å². The topological polar surface area (TPSA) is 108 Å². The quantitative estimate of drug-likeness (QED) is 0.627. The number of pyridine rings is 1. The van der Waals surface area contributed by atoms with Crippen LogP contribution in [0.2, 0.25) is 0 Å². The SMILES string of the molecule is C[C@]12C=CC(=O)C=C1[C@@H](F)C[C@H]1[C@@H]3C[C@H]4CN(C(=O)c5cccnc5)C[C@@]4(C(=O)CO)[C@@]3(C)C[C@H](O)[C@@]12F. The molecule has 1 saturated heterocycles. The van der Waals surface area contributed by atoms with Gasteiger partial charge in [-0.2, -0.15) is 0 Å². The number of hydrogen-bond donors (Lipinski definition) is 2. The maximum atomic E-state index is 17.4. The summed E-state index contributed by atoms with van der Waals surface area (Å²) >= 11 is 0. The molecular formula is C29H32F2N2O5. The van der Waals surface area contributed by atoms with Crippen LogP contribution in [0.1, 0.15) is 43.5 Å². The summed E-state index contributed by atoms with van der Waals surface area (Å²) in [6, 6.07) is 3.30. The highest BCUT2D eigenvalue weighted by Crippen LogP contribution is 2.74. The third-order valence-electron chi connectivity index (χ3n) is 11.0. The molecule has 2 heterocycles. The fourth-order valence-electron chi connectivity index (χ4n) is 9.25. The van der Waals surface area contributed by atoms with Crippen molar-refractivity contribution in [3.8, 4) is 0 Å². The average Bonchev–Trinajstić information content (AvgIpc) is 3.40. The van der Waals surface area contributed by atoms with Gasteiger partial charge in [0.15, 0.2) is 17.2 Å². The molecule has 2 N–H and O–H groups in total. The van der Waals surface area contributed by atoms with Crippen molar-refractivity contribution in [2.45, 2.75) is 51.1 Å². The Morgan fingerprint density at radius 2 is 2.00 bits per heavy atom. The Bertz CT molecular complexity index is 1280. The summed E-state index contributed by atoms with van der Waals surface area (Å²) < 4.78 is 33.1. The second-order valence-electron chi connectivity index (χ2n) is 12.3. The molecule has 4 aliphatic carbocycles. The molecule has 1 aromatic rings. The number of Topliss-reactive ketones (excluding diaryl/α,β-unsaturated/α-hetero) is 1. The maximum Gasteiger partial charge on any atom is 0.255 e. The van der Waals surface area contributed by atoms with Gasteiger partial charge in [-0.15, -0.1) is 0 Å². The lowest BCUT2D eigenvalue weighted by Gasteiger charge is -2.63. The Morgan fingerprint density at radius 3 is 2.68 bits per heavy atom. The van der Waals surface area contributed by atoms with Crippen molar-refractivity contribution in [2.75, 3.05) is 19.7 Å².